The van der Waals surface area contributed by atoms with Crippen molar-refractivity contribution in [2.75, 3.05) is 54.2 Å². The van der Waals surface area contributed by atoms with Crippen LogP contribution in [0.15, 0.2) is 84.4 Å². The van der Waals surface area contributed by atoms with Crippen LogP contribution in [0.3, 0.4) is 0 Å². The van der Waals surface area contributed by atoms with Gasteiger partial charge in [0.25, 0.3) is 0 Å². The molecule has 2 aromatic heterocycles. The van der Waals surface area contributed by atoms with Gasteiger partial charge in [-0.15, -0.1) is 11.3 Å². The smallest absolute Gasteiger partial charge is 0.242 e. The molecule has 2 aliphatic carbocycles. The maximum absolute atomic E-state index is 15.3. The molecule has 10 rings (SSSR count). The number of carbonyl (C=O) groups excluding carboxylic acids is 4. The van der Waals surface area contributed by atoms with Crippen molar-refractivity contribution in [2.24, 2.45) is 36.1 Å². The van der Waals surface area contributed by atoms with Crippen molar-refractivity contribution in [3.05, 3.63) is 101 Å². The molecule has 5 aromatic rings. The van der Waals surface area contributed by atoms with Gasteiger partial charge in [0.2, 0.25) is 23.6 Å². The van der Waals surface area contributed by atoms with Crippen LogP contribution in [0.1, 0.15) is 36.8 Å². The summed E-state index contributed by atoms with van der Waals surface area (Å²) in [6.07, 6.45) is 2.57. The Hall–Kier alpha value is -5.34. The van der Waals surface area contributed by atoms with Crippen LogP contribution < -0.4 is 19.4 Å². The summed E-state index contributed by atoms with van der Waals surface area (Å²) in [5, 5.41) is 16.2. The lowest BCUT2D eigenvalue weighted by molar-refractivity contribution is -0.131. The van der Waals surface area contributed by atoms with Gasteiger partial charge in [0.15, 0.2) is 0 Å². The summed E-state index contributed by atoms with van der Waals surface area (Å²) in [4.78, 5) is 65.2. The summed E-state index contributed by atoms with van der Waals surface area (Å²) in [6, 6.07) is 22.5. The zero-order chi connectivity index (χ0) is 41.6. The van der Waals surface area contributed by atoms with Gasteiger partial charge in [-0.3, -0.25) is 28.8 Å². The van der Waals surface area contributed by atoms with E-state index in [1.54, 1.807) is 35.2 Å². The molecule has 0 radical (unpaired) electrons. The number of allylic oxidation sites excluding steroid dienone is 2. The Morgan fingerprint density at radius 2 is 1.68 bits per heavy atom. The second kappa shape index (κ2) is 14.7. The monoisotopic (exact) mass is 845 g/mol. The fourth-order valence-corrected chi connectivity index (χ4v) is 12.0. The van der Waals surface area contributed by atoms with Crippen LogP contribution in [0.25, 0.3) is 20.7 Å². The number of aliphatic hydroxyl groups excluding tert-OH is 1. The normalized spacial score (nSPS) is 26.4. The quantitative estimate of drug-likeness (QED) is 0.131. The maximum atomic E-state index is 15.3. The molecule has 4 amide bonds. The number of amides is 4. The average Bonchev–Trinajstić information content (AvgIpc) is 3.93. The molecular weight excluding hydrogens is 802 g/mol. The Labute approximate surface area is 355 Å². The van der Waals surface area contributed by atoms with Crippen molar-refractivity contribution in [2.45, 2.75) is 32.6 Å². The Bertz CT molecular complexity index is 2630. The van der Waals surface area contributed by atoms with Crippen LogP contribution in [0, 0.1) is 36.0 Å². The molecule has 1 N–H and O–H groups in total. The van der Waals surface area contributed by atoms with Crippen LogP contribution >= 0.6 is 22.9 Å². The lowest BCUT2D eigenvalue weighted by Gasteiger charge is -2.49. The number of para-hydroxylation sites is 1. The molecule has 1 saturated carbocycles. The summed E-state index contributed by atoms with van der Waals surface area (Å²) >= 11 is 7.92. The number of ether oxygens (including phenoxy) is 2. The van der Waals surface area contributed by atoms with Crippen molar-refractivity contribution in [1.29, 1.82) is 0 Å². The molecule has 3 aliphatic heterocycles. The number of imide groups is 2. The number of aryl methyl sites for hydroxylation is 2. The van der Waals surface area contributed by atoms with Gasteiger partial charge in [-0.25, -0.2) is 4.90 Å². The van der Waals surface area contributed by atoms with E-state index in [1.165, 1.54) is 9.80 Å². The fraction of sp³-hybridized carbons (Fsp3) is 0.370. The Balaban J connectivity index is 1.04. The van der Waals surface area contributed by atoms with Gasteiger partial charge in [-0.2, -0.15) is 5.10 Å². The molecular formula is C46H44ClN5O7S. The Morgan fingerprint density at radius 1 is 0.933 bits per heavy atom. The first-order valence-electron chi connectivity index (χ1n) is 20.5. The number of thiophene rings is 1. The molecule has 60 heavy (non-hydrogen) atoms. The van der Waals surface area contributed by atoms with E-state index in [0.29, 0.717) is 53.2 Å². The van der Waals surface area contributed by atoms with Gasteiger partial charge < -0.3 is 19.5 Å². The van der Waals surface area contributed by atoms with Gasteiger partial charge in [-0.05, 0) is 92.1 Å². The Morgan fingerprint density at radius 3 is 2.45 bits per heavy atom. The lowest BCUT2D eigenvalue weighted by Crippen LogP contribution is -2.49. The van der Waals surface area contributed by atoms with Crippen molar-refractivity contribution in [1.82, 2.24) is 9.78 Å². The van der Waals surface area contributed by atoms with E-state index in [0.717, 1.165) is 44.9 Å². The number of benzene rings is 3. The number of aromatic nitrogens is 2. The third-order valence-corrected chi connectivity index (χ3v) is 15.1. The summed E-state index contributed by atoms with van der Waals surface area (Å²) in [5.74, 6) is -3.81. The predicted molar refractivity (Wildman–Crippen MR) is 229 cm³/mol. The molecule has 308 valence electrons. The number of hydrogen-bond donors (Lipinski definition) is 1. The van der Waals surface area contributed by atoms with Gasteiger partial charge in [-0.1, -0.05) is 41.4 Å². The van der Waals surface area contributed by atoms with Crippen LogP contribution in [-0.4, -0.2) is 78.0 Å². The average molecular weight is 846 g/mol. The number of halogens is 1. The first kappa shape index (κ1) is 38.8. The maximum Gasteiger partial charge on any atom is 0.242 e. The van der Waals surface area contributed by atoms with Gasteiger partial charge in [0.1, 0.15) is 23.9 Å². The number of aliphatic hydroxyl groups is 1. The third kappa shape index (κ3) is 5.80. The third-order valence-electron chi connectivity index (χ3n) is 13.6. The zero-order valence-corrected chi connectivity index (χ0v) is 35.0. The number of rotatable bonds is 8. The van der Waals surface area contributed by atoms with Gasteiger partial charge in [0, 0.05) is 53.1 Å². The second-order valence-corrected chi connectivity index (χ2v) is 18.1. The van der Waals surface area contributed by atoms with E-state index in [1.807, 2.05) is 80.6 Å². The van der Waals surface area contributed by atoms with E-state index in [2.05, 4.69) is 4.90 Å². The summed E-state index contributed by atoms with van der Waals surface area (Å²) in [7, 11) is 1.73. The SMILES string of the molecule is Cc1c(-c2cc(N3C(=O)C4CC5C(=CCC6C(=O)N(c7ccc(N8CCOCC8)cc7)C(=O)C65)C(c5ccccc5OCCO)C4(C)C3=O)n(C)n2)sc2ccc(Cl)cc12. The topological polar surface area (TPSA) is 135 Å². The van der Waals surface area contributed by atoms with Gasteiger partial charge in [0.05, 0.1) is 53.6 Å². The molecule has 5 aliphatic rings. The molecule has 0 spiro atoms. The summed E-state index contributed by atoms with van der Waals surface area (Å²) < 4.78 is 14.3. The van der Waals surface area contributed by atoms with Crippen molar-refractivity contribution < 1.29 is 33.8 Å². The largest absolute Gasteiger partial charge is 0.491 e. The Kier molecular flexibility index (Phi) is 9.51. The predicted octanol–water partition coefficient (Wildman–Crippen LogP) is 6.91. The second-order valence-electron chi connectivity index (χ2n) is 16.6. The van der Waals surface area contributed by atoms with Crippen LogP contribution in [-0.2, 0) is 31.0 Å². The van der Waals surface area contributed by atoms with Crippen LogP contribution in [0.5, 0.6) is 5.75 Å². The van der Waals surface area contributed by atoms with Gasteiger partial charge >= 0.3 is 0 Å². The van der Waals surface area contributed by atoms with Crippen LogP contribution in [0.2, 0.25) is 5.02 Å². The number of fused-ring (bicyclic) bond motifs is 5. The van der Waals surface area contributed by atoms with E-state index in [4.69, 9.17) is 26.2 Å². The fourth-order valence-electron chi connectivity index (χ4n) is 10.7. The number of morpholine rings is 1. The first-order valence-corrected chi connectivity index (χ1v) is 21.6. The molecule has 4 fully saturated rings. The van der Waals surface area contributed by atoms with Crippen molar-refractivity contribution >= 4 is 73.8 Å². The standard InChI is InChI=1S/C46H44ClN5O7S/c1-25-32-22-26(47)8-15-37(32)60-41(25)35-24-38(49(3)48-35)52-43(55)34-23-33-29(40(46(34,2)45(52)57)30-6-4-5-7-36(30)59-21-18-53)13-14-31-39(33)44(56)51(42(31)54)28-11-9-27(10-12-28)50-16-19-58-20-17-50/h4-13,15,22,24,31,33-34,39-40,53H,14,16-21,23H2,1-3H3. The number of hydrogen-bond acceptors (Lipinski definition) is 10. The highest BCUT2D eigenvalue weighted by molar-refractivity contribution is 7.22. The molecule has 5 heterocycles. The highest BCUT2D eigenvalue weighted by Gasteiger charge is 2.68. The molecule has 3 saturated heterocycles. The highest BCUT2D eigenvalue weighted by Crippen LogP contribution is 2.64. The van der Waals surface area contributed by atoms with Crippen LogP contribution in [0.4, 0.5) is 17.2 Å². The summed E-state index contributed by atoms with van der Waals surface area (Å²) in [6.45, 7) is 6.49. The molecule has 6 unspecified atom stereocenters. The zero-order valence-electron chi connectivity index (χ0n) is 33.5. The number of nitrogens with zero attached hydrogens (tertiary/aromatic N) is 5. The lowest BCUT2D eigenvalue weighted by atomic mass is 9.51. The highest BCUT2D eigenvalue weighted by atomic mass is 35.5. The minimum absolute atomic E-state index is 0.0312. The number of carbonyl (C=O) groups is 4. The minimum atomic E-state index is -1.29. The van der Waals surface area contributed by atoms with E-state index in [9.17, 15) is 14.7 Å². The number of anilines is 3. The van der Waals surface area contributed by atoms with Crippen molar-refractivity contribution in [3.8, 4) is 16.3 Å². The summed E-state index contributed by atoms with van der Waals surface area (Å²) in [5.41, 5.74) is 3.40. The minimum Gasteiger partial charge on any atom is -0.491 e. The molecule has 0 bridgehead atoms. The van der Waals surface area contributed by atoms with E-state index in [-0.39, 0.29) is 43.3 Å². The molecule has 3 aromatic carbocycles. The first-order chi connectivity index (χ1) is 29.0. The van der Waals surface area contributed by atoms with Crippen molar-refractivity contribution in [3.63, 3.8) is 0 Å². The molecule has 6 atom stereocenters. The van der Waals surface area contributed by atoms with E-state index >= 15 is 9.59 Å². The molecule has 14 heteroatoms. The molecule has 12 nitrogen and oxygen atoms in total. The van der Waals surface area contributed by atoms with E-state index < -0.39 is 35.0 Å².